The van der Waals surface area contributed by atoms with Crippen molar-refractivity contribution in [3.63, 3.8) is 0 Å². The van der Waals surface area contributed by atoms with Crippen LogP contribution in [0.1, 0.15) is 10.5 Å². The van der Waals surface area contributed by atoms with Gasteiger partial charge in [0.15, 0.2) is 0 Å². The fourth-order valence-electron chi connectivity index (χ4n) is 1.99. The van der Waals surface area contributed by atoms with Crippen LogP contribution in [-0.2, 0) is 0 Å². The molecule has 23 heavy (non-hydrogen) atoms. The van der Waals surface area contributed by atoms with Gasteiger partial charge in [-0.1, -0.05) is 11.6 Å². The number of aromatic nitrogens is 2. The van der Waals surface area contributed by atoms with E-state index in [1.807, 2.05) is 0 Å². The summed E-state index contributed by atoms with van der Waals surface area (Å²) in [7, 11) is 0. The minimum Gasteiger partial charge on any atom is -0.318 e. The van der Waals surface area contributed by atoms with Gasteiger partial charge in [0, 0.05) is 10.6 Å². The molecule has 116 valence electrons. The van der Waals surface area contributed by atoms with Crippen molar-refractivity contribution in [2.75, 3.05) is 5.32 Å². The number of anilines is 1. The zero-order chi connectivity index (χ0) is 16.4. The smallest absolute Gasteiger partial charge is 0.273 e. The van der Waals surface area contributed by atoms with E-state index in [0.717, 1.165) is 6.07 Å². The summed E-state index contributed by atoms with van der Waals surface area (Å²) in [6, 6.07) is 11.0. The highest BCUT2D eigenvalue weighted by atomic mass is 35.5. The summed E-state index contributed by atoms with van der Waals surface area (Å²) >= 11 is 5.77. The van der Waals surface area contributed by atoms with Gasteiger partial charge in [0.2, 0.25) is 0 Å². The Morgan fingerprint density at radius 2 is 1.83 bits per heavy atom. The molecule has 1 heterocycles. The molecule has 1 amide bonds. The van der Waals surface area contributed by atoms with Gasteiger partial charge in [-0.05, 0) is 48.5 Å². The van der Waals surface area contributed by atoms with E-state index in [1.54, 1.807) is 12.1 Å². The van der Waals surface area contributed by atoms with Gasteiger partial charge in [-0.25, -0.2) is 8.78 Å². The number of nitrogens with one attached hydrogen (secondary N) is 2. The van der Waals surface area contributed by atoms with Crippen LogP contribution < -0.4 is 5.32 Å². The van der Waals surface area contributed by atoms with Crippen molar-refractivity contribution in [3.05, 3.63) is 70.9 Å². The molecule has 0 aliphatic rings. The molecule has 3 rings (SSSR count). The number of aromatic amines is 1. The van der Waals surface area contributed by atoms with Crippen LogP contribution in [0, 0.1) is 11.6 Å². The molecule has 0 saturated heterocycles. The number of carbonyl (C=O) groups is 1. The van der Waals surface area contributed by atoms with Crippen molar-refractivity contribution in [2.24, 2.45) is 0 Å². The largest absolute Gasteiger partial charge is 0.318 e. The van der Waals surface area contributed by atoms with Crippen molar-refractivity contribution in [1.82, 2.24) is 10.2 Å². The molecule has 2 N–H and O–H groups in total. The summed E-state index contributed by atoms with van der Waals surface area (Å²) in [5.74, 6) is -1.52. The number of benzene rings is 2. The van der Waals surface area contributed by atoms with Crippen molar-refractivity contribution in [1.29, 1.82) is 0 Å². The number of carbonyl (C=O) groups excluding carboxylic acids is 1. The van der Waals surface area contributed by atoms with E-state index < -0.39 is 11.7 Å². The van der Waals surface area contributed by atoms with Gasteiger partial charge in [-0.2, -0.15) is 5.10 Å². The van der Waals surface area contributed by atoms with E-state index in [1.165, 1.54) is 30.3 Å². The van der Waals surface area contributed by atoms with Gasteiger partial charge in [-0.15, -0.1) is 0 Å². The van der Waals surface area contributed by atoms with Crippen LogP contribution in [-0.4, -0.2) is 16.1 Å². The first-order valence-electron chi connectivity index (χ1n) is 6.61. The fourth-order valence-corrected chi connectivity index (χ4v) is 2.16. The van der Waals surface area contributed by atoms with E-state index in [4.69, 9.17) is 11.6 Å². The third-order valence-electron chi connectivity index (χ3n) is 3.14. The molecular formula is C16H10ClF2N3O. The second-order valence-corrected chi connectivity index (χ2v) is 5.19. The maximum absolute atomic E-state index is 13.6. The second-order valence-electron chi connectivity index (χ2n) is 4.75. The molecule has 7 heteroatoms. The van der Waals surface area contributed by atoms with Gasteiger partial charge in [0.05, 0.1) is 11.4 Å². The van der Waals surface area contributed by atoms with Crippen LogP contribution in [0.15, 0.2) is 48.5 Å². The summed E-state index contributed by atoms with van der Waals surface area (Å²) in [6.07, 6.45) is 0. The lowest BCUT2D eigenvalue weighted by atomic mass is 10.1. The van der Waals surface area contributed by atoms with Gasteiger partial charge < -0.3 is 5.32 Å². The van der Waals surface area contributed by atoms with Gasteiger partial charge >= 0.3 is 0 Å². The highest BCUT2D eigenvalue weighted by Crippen LogP contribution is 2.21. The number of nitrogens with zero attached hydrogens (tertiary/aromatic N) is 1. The van der Waals surface area contributed by atoms with Crippen LogP contribution in [0.3, 0.4) is 0 Å². The number of hydrogen-bond acceptors (Lipinski definition) is 2. The Hall–Kier alpha value is -2.73. The minimum absolute atomic E-state index is 0.0274. The molecule has 0 fully saturated rings. The second kappa shape index (κ2) is 6.18. The third kappa shape index (κ3) is 3.37. The van der Waals surface area contributed by atoms with Crippen molar-refractivity contribution < 1.29 is 13.6 Å². The maximum atomic E-state index is 13.6. The zero-order valence-corrected chi connectivity index (χ0v) is 12.4. The van der Waals surface area contributed by atoms with Gasteiger partial charge in [0.25, 0.3) is 5.91 Å². The lowest BCUT2D eigenvalue weighted by Gasteiger charge is -2.05. The first kappa shape index (κ1) is 15.2. The highest BCUT2D eigenvalue weighted by Gasteiger charge is 2.13. The van der Waals surface area contributed by atoms with Crippen molar-refractivity contribution in [3.8, 4) is 11.3 Å². The summed E-state index contributed by atoms with van der Waals surface area (Å²) < 4.78 is 26.5. The topological polar surface area (TPSA) is 57.8 Å². The molecule has 0 aliphatic carbocycles. The van der Waals surface area contributed by atoms with E-state index in [9.17, 15) is 13.6 Å². The molecule has 3 aromatic rings. The minimum atomic E-state index is -0.596. The van der Waals surface area contributed by atoms with E-state index in [2.05, 4.69) is 15.5 Å². The number of rotatable bonds is 3. The molecule has 4 nitrogen and oxygen atoms in total. The molecule has 2 aromatic carbocycles. The average molecular weight is 334 g/mol. The van der Waals surface area contributed by atoms with Crippen LogP contribution in [0.2, 0.25) is 5.02 Å². The van der Waals surface area contributed by atoms with Crippen LogP contribution in [0.25, 0.3) is 11.3 Å². The fraction of sp³-hybridized carbons (Fsp3) is 0. The summed E-state index contributed by atoms with van der Waals surface area (Å²) in [5, 5.41) is 9.27. The number of amides is 1. The SMILES string of the molecule is O=C(Nc1cc(Cl)ccc1F)c1cc(-c2ccc(F)cc2)n[nH]1. The standard InChI is InChI=1S/C16H10ClF2N3O/c17-10-3-6-12(19)14(7-10)20-16(23)15-8-13(21-22-15)9-1-4-11(18)5-2-9/h1-8H,(H,20,23)(H,21,22). The Labute approximate surface area is 135 Å². The normalized spacial score (nSPS) is 10.6. The van der Waals surface area contributed by atoms with E-state index in [-0.39, 0.29) is 17.2 Å². The zero-order valence-electron chi connectivity index (χ0n) is 11.6. The summed E-state index contributed by atoms with van der Waals surface area (Å²) in [6.45, 7) is 0. The third-order valence-corrected chi connectivity index (χ3v) is 3.37. The molecule has 0 radical (unpaired) electrons. The first-order valence-corrected chi connectivity index (χ1v) is 6.98. The maximum Gasteiger partial charge on any atom is 0.273 e. The van der Waals surface area contributed by atoms with E-state index in [0.29, 0.717) is 16.3 Å². The van der Waals surface area contributed by atoms with E-state index >= 15 is 0 Å². The van der Waals surface area contributed by atoms with Crippen LogP contribution in [0.4, 0.5) is 14.5 Å². The molecule has 0 bridgehead atoms. The van der Waals surface area contributed by atoms with Crippen molar-refractivity contribution in [2.45, 2.75) is 0 Å². The molecule has 0 aliphatic heterocycles. The Kier molecular flexibility index (Phi) is 4.08. The van der Waals surface area contributed by atoms with Gasteiger partial charge in [0.1, 0.15) is 17.3 Å². The Balaban J connectivity index is 1.81. The predicted octanol–water partition coefficient (Wildman–Crippen LogP) is 4.26. The van der Waals surface area contributed by atoms with Crippen molar-refractivity contribution >= 4 is 23.2 Å². The quantitative estimate of drug-likeness (QED) is 0.752. The molecule has 0 saturated carbocycles. The molecule has 0 atom stereocenters. The number of H-pyrrole nitrogens is 1. The number of hydrogen-bond donors (Lipinski definition) is 2. The Bertz CT molecular complexity index is 862. The molecule has 1 aromatic heterocycles. The lowest BCUT2D eigenvalue weighted by Crippen LogP contribution is -2.13. The Morgan fingerprint density at radius 1 is 1.09 bits per heavy atom. The molecule has 0 unspecified atom stereocenters. The molecular weight excluding hydrogens is 324 g/mol. The highest BCUT2D eigenvalue weighted by molar-refractivity contribution is 6.31. The first-order chi connectivity index (χ1) is 11.0. The summed E-state index contributed by atoms with van der Waals surface area (Å²) in [4.78, 5) is 12.1. The molecule has 0 spiro atoms. The average Bonchev–Trinajstić information content (AvgIpc) is 3.02. The number of halogens is 3. The van der Waals surface area contributed by atoms with Crippen LogP contribution >= 0.6 is 11.6 Å². The summed E-state index contributed by atoms with van der Waals surface area (Å²) in [5.41, 5.74) is 1.24. The van der Waals surface area contributed by atoms with Crippen LogP contribution in [0.5, 0.6) is 0 Å². The predicted molar refractivity (Wildman–Crippen MR) is 83.3 cm³/mol. The Morgan fingerprint density at radius 3 is 2.57 bits per heavy atom. The lowest BCUT2D eigenvalue weighted by molar-refractivity contribution is 0.102. The monoisotopic (exact) mass is 333 g/mol. The van der Waals surface area contributed by atoms with Gasteiger partial charge in [-0.3, -0.25) is 9.89 Å².